The molecule has 0 saturated heterocycles. The van der Waals surface area contributed by atoms with E-state index in [2.05, 4.69) is 4.98 Å². The quantitative estimate of drug-likeness (QED) is 0.758. The summed E-state index contributed by atoms with van der Waals surface area (Å²) in [6, 6.07) is 9.64. The third kappa shape index (κ3) is 3.44. The lowest BCUT2D eigenvalue weighted by molar-refractivity contribution is -0.132. The van der Waals surface area contributed by atoms with E-state index in [1.54, 1.807) is 36.5 Å². The highest BCUT2D eigenvalue weighted by Gasteiger charge is 2.40. The predicted octanol–water partition coefficient (Wildman–Crippen LogP) is 2.23. The fourth-order valence-electron chi connectivity index (χ4n) is 3.31. The molecule has 2 aromatic rings. The van der Waals surface area contributed by atoms with Crippen molar-refractivity contribution in [1.82, 2.24) is 14.2 Å². The third-order valence-corrected chi connectivity index (χ3v) is 6.60. The lowest BCUT2D eigenvalue weighted by Crippen LogP contribution is -2.36. The monoisotopic (exact) mass is 387 g/mol. The summed E-state index contributed by atoms with van der Waals surface area (Å²) in [5.74, 6) is -0.815. The molecule has 1 aliphatic rings. The van der Waals surface area contributed by atoms with Crippen LogP contribution in [0.1, 0.15) is 41.7 Å². The molecule has 1 aromatic heterocycles. The highest BCUT2D eigenvalue weighted by Crippen LogP contribution is 2.30. The molecule has 2 amide bonds. The lowest BCUT2D eigenvalue weighted by atomic mass is 10.1. The predicted molar refractivity (Wildman–Crippen MR) is 99.3 cm³/mol. The fourth-order valence-corrected chi connectivity index (χ4v) is 4.88. The van der Waals surface area contributed by atoms with Crippen molar-refractivity contribution in [3.05, 3.63) is 59.9 Å². The van der Waals surface area contributed by atoms with Crippen molar-refractivity contribution in [1.29, 1.82) is 0 Å². The molecule has 0 N–H and O–H groups in total. The van der Waals surface area contributed by atoms with E-state index in [1.165, 1.54) is 12.1 Å². The standard InChI is InChI=1S/C19H21N3O4S/c1-3-16(14-7-6-11-20-13-14)21(2)18(23)10-12-22-19(24)15-8-4-5-9-17(15)27(22,25)26/h4-9,11,13,16H,3,10,12H2,1-2H3. The summed E-state index contributed by atoms with van der Waals surface area (Å²) in [6.07, 6.45) is 4.00. The van der Waals surface area contributed by atoms with E-state index in [0.717, 1.165) is 9.87 Å². The lowest BCUT2D eigenvalue weighted by Gasteiger charge is -2.28. The SMILES string of the molecule is CCC(c1cccnc1)N(C)C(=O)CCN1C(=O)c2ccccc2S1(=O)=O. The number of carbonyl (C=O) groups excluding carboxylic acids is 2. The van der Waals surface area contributed by atoms with Crippen LogP contribution in [0.25, 0.3) is 0 Å². The maximum Gasteiger partial charge on any atom is 0.269 e. The smallest absolute Gasteiger partial charge is 0.269 e. The number of hydrogen-bond acceptors (Lipinski definition) is 5. The second-order valence-electron chi connectivity index (χ2n) is 6.34. The highest BCUT2D eigenvalue weighted by atomic mass is 32.2. The Morgan fingerprint density at radius 1 is 1.22 bits per heavy atom. The molecular formula is C19H21N3O4S. The second-order valence-corrected chi connectivity index (χ2v) is 8.17. The van der Waals surface area contributed by atoms with E-state index in [4.69, 9.17) is 0 Å². The average Bonchev–Trinajstić information content (AvgIpc) is 2.87. The molecule has 0 saturated carbocycles. The summed E-state index contributed by atoms with van der Waals surface area (Å²) in [6.45, 7) is 1.79. The van der Waals surface area contributed by atoms with Gasteiger partial charge in [-0.05, 0) is 30.2 Å². The van der Waals surface area contributed by atoms with Gasteiger partial charge in [-0.25, -0.2) is 12.7 Å². The van der Waals surface area contributed by atoms with Crippen molar-refractivity contribution in [2.24, 2.45) is 0 Å². The van der Waals surface area contributed by atoms with E-state index >= 15 is 0 Å². The van der Waals surface area contributed by atoms with E-state index < -0.39 is 15.9 Å². The minimum Gasteiger partial charge on any atom is -0.339 e. The summed E-state index contributed by atoms with van der Waals surface area (Å²) >= 11 is 0. The van der Waals surface area contributed by atoms with Crippen molar-refractivity contribution in [3.8, 4) is 0 Å². The molecule has 0 spiro atoms. The molecule has 1 aliphatic heterocycles. The number of sulfonamides is 1. The van der Waals surface area contributed by atoms with Crippen molar-refractivity contribution < 1.29 is 18.0 Å². The van der Waals surface area contributed by atoms with Crippen LogP contribution in [-0.4, -0.2) is 48.0 Å². The Hall–Kier alpha value is -2.74. The number of carbonyl (C=O) groups is 2. The molecule has 0 fully saturated rings. The molecule has 7 nitrogen and oxygen atoms in total. The maximum atomic E-state index is 12.6. The number of pyridine rings is 1. The van der Waals surface area contributed by atoms with Crippen LogP contribution in [0.2, 0.25) is 0 Å². The summed E-state index contributed by atoms with van der Waals surface area (Å²) in [4.78, 5) is 30.7. The van der Waals surface area contributed by atoms with Crippen LogP contribution in [0.3, 0.4) is 0 Å². The fraction of sp³-hybridized carbons (Fsp3) is 0.316. The van der Waals surface area contributed by atoms with Crippen LogP contribution >= 0.6 is 0 Å². The first-order chi connectivity index (χ1) is 12.9. The number of hydrogen-bond donors (Lipinski definition) is 0. The number of nitrogens with zero attached hydrogens (tertiary/aromatic N) is 3. The van der Waals surface area contributed by atoms with Crippen LogP contribution in [-0.2, 0) is 14.8 Å². The van der Waals surface area contributed by atoms with Gasteiger partial charge in [-0.2, -0.15) is 0 Å². The molecule has 1 atom stereocenters. The van der Waals surface area contributed by atoms with Gasteiger partial charge in [-0.1, -0.05) is 25.1 Å². The molecule has 1 unspecified atom stereocenters. The van der Waals surface area contributed by atoms with Gasteiger partial charge in [0, 0.05) is 32.4 Å². The summed E-state index contributed by atoms with van der Waals surface area (Å²) in [7, 11) is -2.21. The van der Waals surface area contributed by atoms with Gasteiger partial charge >= 0.3 is 0 Å². The molecule has 3 rings (SSSR count). The average molecular weight is 387 g/mol. The van der Waals surface area contributed by atoms with Gasteiger partial charge < -0.3 is 4.90 Å². The largest absolute Gasteiger partial charge is 0.339 e. The number of benzene rings is 1. The maximum absolute atomic E-state index is 12.6. The Morgan fingerprint density at radius 3 is 2.59 bits per heavy atom. The van der Waals surface area contributed by atoms with E-state index in [9.17, 15) is 18.0 Å². The topological polar surface area (TPSA) is 87.7 Å². The Morgan fingerprint density at radius 2 is 1.96 bits per heavy atom. The van der Waals surface area contributed by atoms with Crippen molar-refractivity contribution in [3.63, 3.8) is 0 Å². The Labute approximate surface area is 158 Å². The van der Waals surface area contributed by atoms with E-state index in [-0.39, 0.29) is 35.4 Å². The zero-order valence-corrected chi connectivity index (χ0v) is 16.0. The normalized spacial score (nSPS) is 16.1. The molecule has 142 valence electrons. The summed E-state index contributed by atoms with van der Waals surface area (Å²) in [5.41, 5.74) is 1.06. The van der Waals surface area contributed by atoms with E-state index in [0.29, 0.717) is 6.42 Å². The number of rotatable bonds is 6. The summed E-state index contributed by atoms with van der Waals surface area (Å²) < 4.78 is 25.9. The van der Waals surface area contributed by atoms with Gasteiger partial charge in [0.2, 0.25) is 5.91 Å². The van der Waals surface area contributed by atoms with Crippen molar-refractivity contribution in [2.75, 3.05) is 13.6 Å². The van der Waals surface area contributed by atoms with Crippen molar-refractivity contribution in [2.45, 2.75) is 30.7 Å². The first-order valence-corrected chi connectivity index (χ1v) is 10.1. The van der Waals surface area contributed by atoms with Gasteiger partial charge in [-0.3, -0.25) is 14.6 Å². The number of fused-ring (bicyclic) bond motifs is 1. The third-order valence-electron chi connectivity index (χ3n) is 4.76. The Bertz CT molecular complexity index is 960. The first-order valence-electron chi connectivity index (χ1n) is 8.69. The van der Waals surface area contributed by atoms with Gasteiger partial charge in [0.15, 0.2) is 0 Å². The molecule has 0 bridgehead atoms. The molecular weight excluding hydrogens is 366 g/mol. The second kappa shape index (κ2) is 7.48. The highest BCUT2D eigenvalue weighted by molar-refractivity contribution is 7.90. The minimum absolute atomic E-state index is 0.00222. The molecule has 0 aliphatic carbocycles. The summed E-state index contributed by atoms with van der Waals surface area (Å²) in [5, 5.41) is 0. The molecule has 2 heterocycles. The number of aromatic nitrogens is 1. The van der Waals surface area contributed by atoms with E-state index in [1.807, 2.05) is 19.1 Å². The molecule has 0 radical (unpaired) electrons. The molecule has 27 heavy (non-hydrogen) atoms. The minimum atomic E-state index is -3.89. The van der Waals surface area contributed by atoms with Gasteiger partial charge in [-0.15, -0.1) is 0 Å². The Balaban J connectivity index is 1.72. The zero-order valence-electron chi connectivity index (χ0n) is 15.2. The molecule has 8 heteroatoms. The van der Waals surface area contributed by atoms with Crippen LogP contribution < -0.4 is 0 Å². The van der Waals surface area contributed by atoms with Crippen LogP contribution in [0.15, 0.2) is 53.7 Å². The van der Waals surface area contributed by atoms with Crippen LogP contribution in [0.5, 0.6) is 0 Å². The zero-order chi connectivity index (χ0) is 19.6. The number of amides is 2. The van der Waals surface area contributed by atoms with Crippen LogP contribution in [0.4, 0.5) is 0 Å². The van der Waals surface area contributed by atoms with Gasteiger partial charge in [0.1, 0.15) is 4.90 Å². The Kier molecular flexibility index (Phi) is 5.27. The van der Waals surface area contributed by atoms with Crippen LogP contribution in [0, 0.1) is 0 Å². The van der Waals surface area contributed by atoms with Crippen molar-refractivity contribution >= 4 is 21.8 Å². The molecule has 1 aromatic carbocycles. The first kappa shape index (κ1) is 19.0. The van der Waals surface area contributed by atoms with Gasteiger partial charge in [0.25, 0.3) is 15.9 Å². The van der Waals surface area contributed by atoms with Gasteiger partial charge in [0.05, 0.1) is 11.6 Å².